The van der Waals surface area contributed by atoms with Crippen LogP contribution in [0, 0.1) is 0 Å². The standard InChI is InChI=1S/C16H19ClN4O/c1-3-4-9-21(2)16-18-10-12(11-19-16)15(22)20-14-8-6-5-7-13(14)17/h5-8,10-11H,3-4,9H2,1-2H3,(H,20,22). The van der Waals surface area contributed by atoms with Gasteiger partial charge >= 0.3 is 0 Å². The molecule has 5 nitrogen and oxygen atoms in total. The summed E-state index contributed by atoms with van der Waals surface area (Å²) in [6, 6.07) is 7.08. The van der Waals surface area contributed by atoms with E-state index in [1.54, 1.807) is 12.1 Å². The van der Waals surface area contributed by atoms with Gasteiger partial charge in [0, 0.05) is 26.0 Å². The molecular formula is C16H19ClN4O. The molecule has 22 heavy (non-hydrogen) atoms. The summed E-state index contributed by atoms with van der Waals surface area (Å²) >= 11 is 6.02. The highest BCUT2D eigenvalue weighted by Crippen LogP contribution is 2.21. The number of carbonyl (C=O) groups excluding carboxylic acids is 1. The van der Waals surface area contributed by atoms with E-state index in [1.807, 2.05) is 24.1 Å². The summed E-state index contributed by atoms with van der Waals surface area (Å²) in [7, 11) is 1.94. The lowest BCUT2D eigenvalue weighted by Gasteiger charge is -2.16. The van der Waals surface area contributed by atoms with E-state index in [4.69, 9.17) is 11.6 Å². The average molecular weight is 319 g/mol. The summed E-state index contributed by atoms with van der Waals surface area (Å²) in [5.74, 6) is 0.332. The fourth-order valence-corrected chi connectivity index (χ4v) is 2.07. The zero-order valence-corrected chi connectivity index (χ0v) is 13.5. The molecule has 0 fully saturated rings. The molecule has 0 aliphatic carbocycles. The van der Waals surface area contributed by atoms with Gasteiger partial charge in [-0.2, -0.15) is 0 Å². The van der Waals surface area contributed by atoms with Gasteiger partial charge in [0.05, 0.1) is 16.3 Å². The molecule has 1 aromatic carbocycles. The van der Waals surface area contributed by atoms with Gasteiger partial charge in [-0.05, 0) is 18.6 Å². The summed E-state index contributed by atoms with van der Waals surface area (Å²) in [6.07, 6.45) is 5.24. The number of carbonyl (C=O) groups is 1. The van der Waals surface area contributed by atoms with E-state index in [9.17, 15) is 4.79 Å². The molecule has 1 amide bonds. The third kappa shape index (κ3) is 4.18. The maximum Gasteiger partial charge on any atom is 0.258 e. The zero-order chi connectivity index (χ0) is 15.9. The normalized spacial score (nSPS) is 10.3. The molecule has 116 valence electrons. The molecule has 1 N–H and O–H groups in total. The number of anilines is 2. The quantitative estimate of drug-likeness (QED) is 0.883. The van der Waals surface area contributed by atoms with Crippen molar-refractivity contribution in [2.24, 2.45) is 0 Å². The first-order chi connectivity index (χ1) is 10.6. The fourth-order valence-electron chi connectivity index (χ4n) is 1.89. The molecular weight excluding hydrogens is 300 g/mol. The molecule has 1 aromatic heterocycles. The van der Waals surface area contributed by atoms with Crippen molar-refractivity contribution < 1.29 is 4.79 Å². The molecule has 6 heteroatoms. The number of benzene rings is 1. The van der Waals surface area contributed by atoms with Gasteiger partial charge in [-0.15, -0.1) is 0 Å². The number of unbranched alkanes of at least 4 members (excludes halogenated alkanes) is 1. The Morgan fingerprint density at radius 2 is 1.95 bits per heavy atom. The van der Waals surface area contributed by atoms with E-state index < -0.39 is 0 Å². The molecule has 0 aliphatic heterocycles. The first-order valence-corrected chi connectivity index (χ1v) is 7.58. The molecule has 0 atom stereocenters. The fraction of sp³-hybridized carbons (Fsp3) is 0.312. The molecule has 0 saturated heterocycles. The van der Waals surface area contributed by atoms with Gasteiger partial charge < -0.3 is 10.2 Å². The molecule has 0 aliphatic rings. The van der Waals surface area contributed by atoms with Crippen molar-refractivity contribution in [3.05, 3.63) is 47.2 Å². The van der Waals surface area contributed by atoms with Crippen molar-refractivity contribution >= 4 is 29.1 Å². The largest absolute Gasteiger partial charge is 0.344 e. The molecule has 0 spiro atoms. The van der Waals surface area contributed by atoms with Gasteiger partial charge in [-0.1, -0.05) is 37.1 Å². The zero-order valence-electron chi connectivity index (χ0n) is 12.7. The highest BCUT2D eigenvalue weighted by Gasteiger charge is 2.10. The maximum atomic E-state index is 12.2. The summed E-state index contributed by atoms with van der Waals surface area (Å²) < 4.78 is 0. The van der Waals surface area contributed by atoms with Gasteiger partial charge in [0.1, 0.15) is 0 Å². The third-order valence-electron chi connectivity index (χ3n) is 3.21. The molecule has 0 radical (unpaired) electrons. The van der Waals surface area contributed by atoms with Crippen molar-refractivity contribution in [3.63, 3.8) is 0 Å². The Bertz CT molecular complexity index is 630. The minimum Gasteiger partial charge on any atom is -0.344 e. The highest BCUT2D eigenvalue weighted by atomic mass is 35.5. The van der Waals surface area contributed by atoms with Crippen molar-refractivity contribution in [3.8, 4) is 0 Å². The number of hydrogen-bond acceptors (Lipinski definition) is 4. The van der Waals surface area contributed by atoms with Crippen LogP contribution in [-0.2, 0) is 0 Å². The Morgan fingerprint density at radius 1 is 1.27 bits per heavy atom. The Morgan fingerprint density at radius 3 is 2.59 bits per heavy atom. The lowest BCUT2D eigenvalue weighted by Crippen LogP contribution is -2.21. The maximum absolute atomic E-state index is 12.2. The van der Waals surface area contributed by atoms with Crippen LogP contribution in [0.4, 0.5) is 11.6 Å². The van der Waals surface area contributed by atoms with Gasteiger partial charge in [0.15, 0.2) is 0 Å². The molecule has 1 heterocycles. The monoisotopic (exact) mass is 318 g/mol. The van der Waals surface area contributed by atoms with Crippen LogP contribution in [0.3, 0.4) is 0 Å². The summed E-state index contributed by atoms with van der Waals surface area (Å²) in [5, 5.41) is 3.24. The predicted molar refractivity (Wildman–Crippen MR) is 89.6 cm³/mol. The minimum atomic E-state index is -0.282. The van der Waals surface area contributed by atoms with Crippen molar-refractivity contribution in [2.45, 2.75) is 19.8 Å². The highest BCUT2D eigenvalue weighted by molar-refractivity contribution is 6.33. The van der Waals surface area contributed by atoms with Gasteiger partial charge in [-0.25, -0.2) is 9.97 Å². The molecule has 0 bridgehead atoms. The van der Waals surface area contributed by atoms with Crippen molar-refractivity contribution in [2.75, 3.05) is 23.8 Å². The van der Waals surface area contributed by atoms with Crippen LogP contribution in [0.25, 0.3) is 0 Å². The Labute approximate surface area is 135 Å². The van der Waals surface area contributed by atoms with E-state index in [2.05, 4.69) is 22.2 Å². The Hall–Kier alpha value is -2.14. The van der Waals surface area contributed by atoms with E-state index in [-0.39, 0.29) is 5.91 Å². The van der Waals surface area contributed by atoms with Crippen LogP contribution < -0.4 is 10.2 Å². The van der Waals surface area contributed by atoms with Gasteiger partial charge in [-0.3, -0.25) is 4.79 Å². The van der Waals surface area contributed by atoms with E-state index in [0.717, 1.165) is 19.4 Å². The molecule has 2 rings (SSSR count). The Kier molecular flexibility index (Phi) is 5.72. The number of halogens is 1. The van der Waals surface area contributed by atoms with Crippen LogP contribution in [-0.4, -0.2) is 29.5 Å². The molecule has 0 saturated carbocycles. The second-order valence-corrected chi connectivity index (χ2v) is 5.39. The number of para-hydroxylation sites is 1. The van der Waals surface area contributed by atoms with Gasteiger partial charge in [0.2, 0.25) is 5.95 Å². The van der Waals surface area contributed by atoms with E-state index >= 15 is 0 Å². The van der Waals surface area contributed by atoms with E-state index in [0.29, 0.717) is 22.2 Å². The smallest absolute Gasteiger partial charge is 0.258 e. The van der Waals surface area contributed by atoms with Crippen LogP contribution in [0.1, 0.15) is 30.1 Å². The lowest BCUT2D eigenvalue weighted by atomic mass is 10.2. The second-order valence-electron chi connectivity index (χ2n) is 4.98. The summed E-state index contributed by atoms with van der Waals surface area (Å²) in [5.41, 5.74) is 0.964. The second kappa shape index (κ2) is 7.75. The van der Waals surface area contributed by atoms with Crippen LogP contribution >= 0.6 is 11.6 Å². The number of nitrogens with zero attached hydrogens (tertiary/aromatic N) is 3. The van der Waals surface area contributed by atoms with Crippen LogP contribution in [0.5, 0.6) is 0 Å². The van der Waals surface area contributed by atoms with E-state index in [1.165, 1.54) is 12.4 Å². The van der Waals surface area contributed by atoms with Crippen molar-refractivity contribution in [1.29, 1.82) is 0 Å². The number of nitrogens with one attached hydrogen (secondary N) is 1. The average Bonchev–Trinajstić information content (AvgIpc) is 2.55. The SMILES string of the molecule is CCCCN(C)c1ncc(C(=O)Nc2ccccc2Cl)cn1. The molecule has 0 unspecified atom stereocenters. The lowest BCUT2D eigenvalue weighted by molar-refractivity contribution is 0.102. The first kappa shape index (κ1) is 16.2. The number of aromatic nitrogens is 2. The van der Waals surface area contributed by atoms with Crippen molar-refractivity contribution in [1.82, 2.24) is 9.97 Å². The predicted octanol–water partition coefficient (Wildman–Crippen LogP) is 3.62. The number of hydrogen-bond donors (Lipinski definition) is 1. The first-order valence-electron chi connectivity index (χ1n) is 7.21. The summed E-state index contributed by atoms with van der Waals surface area (Å²) in [4.78, 5) is 22.6. The number of rotatable bonds is 6. The topological polar surface area (TPSA) is 58.1 Å². The Balaban J connectivity index is 2.04. The summed E-state index contributed by atoms with van der Waals surface area (Å²) in [6.45, 7) is 3.03. The minimum absolute atomic E-state index is 0.282. The van der Waals surface area contributed by atoms with Gasteiger partial charge in [0.25, 0.3) is 5.91 Å². The third-order valence-corrected chi connectivity index (χ3v) is 3.54. The molecule has 2 aromatic rings. The van der Waals surface area contributed by atoms with Crippen LogP contribution in [0.15, 0.2) is 36.7 Å². The van der Waals surface area contributed by atoms with Crippen LogP contribution in [0.2, 0.25) is 5.02 Å². The number of amides is 1.